The van der Waals surface area contributed by atoms with Crippen LogP contribution in [0, 0.1) is 0 Å². The van der Waals surface area contributed by atoms with Crippen molar-refractivity contribution < 1.29 is 34.1 Å². The van der Waals surface area contributed by atoms with Crippen molar-refractivity contribution in [2.75, 3.05) is 7.11 Å². The van der Waals surface area contributed by atoms with Crippen molar-refractivity contribution in [2.24, 2.45) is 0 Å². The zero-order valence-corrected chi connectivity index (χ0v) is 11.8. The zero-order chi connectivity index (χ0) is 16.2. The Morgan fingerprint density at radius 3 is 2.59 bits per heavy atom. The van der Waals surface area contributed by atoms with Crippen LogP contribution in [-0.2, 0) is 16.0 Å². The number of rotatable bonds is 1. The lowest BCUT2D eigenvalue weighted by Crippen LogP contribution is -2.23. The molecule has 1 aromatic rings. The van der Waals surface area contributed by atoms with Crippen LogP contribution in [0.25, 0.3) is 0 Å². The van der Waals surface area contributed by atoms with Gasteiger partial charge < -0.3 is 19.7 Å². The molecule has 2 aliphatic rings. The molecule has 0 spiro atoms. The van der Waals surface area contributed by atoms with Crippen molar-refractivity contribution in [2.45, 2.75) is 19.4 Å². The van der Waals surface area contributed by atoms with Gasteiger partial charge >= 0.3 is 5.97 Å². The lowest BCUT2D eigenvalue weighted by atomic mass is 9.86. The molecular weight excluding hydrogens is 292 g/mol. The number of fused-ring (bicyclic) bond motifs is 2. The van der Waals surface area contributed by atoms with Crippen molar-refractivity contribution in [1.82, 2.24) is 0 Å². The monoisotopic (exact) mass is 304 g/mol. The number of ketones is 2. The number of allylic oxidation sites excluding steroid dienone is 1. The minimum absolute atomic E-state index is 0.0315. The molecule has 1 atom stereocenters. The summed E-state index contributed by atoms with van der Waals surface area (Å²) in [7, 11) is 1.07. The van der Waals surface area contributed by atoms with Crippen LogP contribution in [0.4, 0.5) is 0 Å². The maximum absolute atomic E-state index is 12.4. The molecule has 114 valence electrons. The first-order chi connectivity index (χ1) is 10.4. The molecule has 1 aliphatic carbocycles. The number of ether oxygens (including phenoxy) is 2. The number of hydrogen-bond donors (Lipinski definition) is 2. The number of hydrogen-bond acceptors (Lipinski definition) is 7. The molecule has 0 aromatic heterocycles. The smallest absolute Gasteiger partial charge is 0.342 e. The van der Waals surface area contributed by atoms with E-state index in [1.165, 1.54) is 0 Å². The Bertz CT molecular complexity index is 773. The van der Waals surface area contributed by atoms with Gasteiger partial charge in [0, 0.05) is 18.1 Å². The van der Waals surface area contributed by atoms with Gasteiger partial charge in [-0.15, -0.1) is 0 Å². The number of Topliss-reactive ketones (excluding diaryl/α,β-unsaturated/α-hetero) is 1. The third-order valence-corrected chi connectivity index (χ3v) is 3.71. The molecule has 0 saturated heterocycles. The minimum atomic E-state index is -0.988. The number of carbonyl (C=O) groups excluding carboxylic acids is 3. The van der Waals surface area contributed by atoms with Crippen LogP contribution in [0.15, 0.2) is 11.6 Å². The average molecular weight is 304 g/mol. The third-order valence-electron chi connectivity index (χ3n) is 3.71. The van der Waals surface area contributed by atoms with Gasteiger partial charge in [-0.2, -0.15) is 0 Å². The van der Waals surface area contributed by atoms with Crippen LogP contribution in [0.1, 0.15) is 33.2 Å². The number of phenols is 2. The number of carbonyl (C=O) groups is 3. The van der Waals surface area contributed by atoms with Gasteiger partial charge in [0.2, 0.25) is 5.78 Å². The van der Waals surface area contributed by atoms with E-state index in [-0.39, 0.29) is 23.0 Å². The molecule has 2 N–H and O–H groups in total. The molecule has 0 fully saturated rings. The molecular formula is C15H12O7. The van der Waals surface area contributed by atoms with Crippen LogP contribution >= 0.6 is 0 Å². The Kier molecular flexibility index (Phi) is 2.94. The van der Waals surface area contributed by atoms with Crippen molar-refractivity contribution >= 4 is 17.5 Å². The highest BCUT2D eigenvalue weighted by Crippen LogP contribution is 2.49. The fourth-order valence-electron chi connectivity index (χ4n) is 2.72. The molecule has 0 radical (unpaired) electrons. The summed E-state index contributed by atoms with van der Waals surface area (Å²) in [6, 6.07) is 0. The van der Waals surface area contributed by atoms with E-state index in [1.54, 1.807) is 6.92 Å². The van der Waals surface area contributed by atoms with E-state index in [0.29, 0.717) is 6.42 Å². The van der Waals surface area contributed by atoms with Crippen molar-refractivity contribution in [3.8, 4) is 17.2 Å². The topological polar surface area (TPSA) is 110 Å². The van der Waals surface area contributed by atoms with Crippen molar-refractivity contribution in [3.05, 3.63) is 28.3 Å². The Balaban J connectivity index is 2.28. The molecule has 7 nitrogen and oxygen atoms in total. The second kappa shape index (κ2) is 4.59. The van der Waals surface area contributed by atoms with Gasteiger partial charge in [-0.25, -0.2) is 4.79 Å². The molecule has 1 heterocycles. The van der Waals surface area contributed by atoms with E-state index in [1.807, 2.05) is 0 Å². The van der Waals surface area contributed by atoms with Crippen LogP contribution in [-0.4, -0.2) is 41.0 Å². The molecule has 0 saturated carbocycles. The van der Waals surface area contributed by atoms with Crippen LogP contribution in [0.5, 0.6) is 17.2 Å². The van der Waals surface area contributed by atoms with E-state index in [9.17, 15) is 24.6 Å². The second-order valence-corrected chi connectivity index (χ2v) is 5.13. The third kappa shape index (κ3) is 1.71. The molecule has 1 aliphatic heterocycles. The van der Waals surface area contributed by atoms with Gasteiger partial charge in [-0.05, 0) is 6.92 Å². The van der Waals surface area contributed by atoms with Gasteiger partial charge in [-0.3, -0.25) is 9.59 Å². The van der Waals surface area contributed by atoms with E-state index >= 15 is 0 Å². The summed E-state index contributed by atoms with van der Waals surface area (Å²) in [6.07, 6.45) is 0.798. The predicted octanol–water partition coefficient (Wildman–Crippen LogP) is 0.900. The summed E-state index contributed by atoms with van der Waals surface area (Å²) in [5, 5.41) is 20.5. The Morgan fingerprint density at radius 2 is 1.95 bits per heavy atom. The largest absolute Gasteiger partial charge is 0.507 e. The fourth-order valence-corrected chi connectivity index (χ4v) is 2.72. The van der Waals surface area contributed by atoms with Crippen molar-refractivity contribution in [1.29, 1.82) is 0 Å². The van der Waals surface area contributed by atoms with Gasteiger partial charge in [-0.1, -0.05) is 0 Å². The van der Waals surface area contributed by atoms with Crippen LogP contribution < -0.4 is 4.74 Å². The Morgan fingerprint density at radius 1 is 1.27 bits per heavy atom. The summed E-state index contributed by atoms with van der Waals surface area (Å²) in [5.74, 6) is -3.59. The molecule has 0 bridgehead atoms. The molecule has 0 amide bonds. The molecule has 3 rings (SSSR count). The molecule has 22 heavy (non-hydrogen) atoms. The van der Waals surface area contributed by atoms with Gasteiger partial charge in [0.25, 0.3) is 0 Å². The summed E-state index contributed by atoms with van der Waals surface area (Å²) in [4.78, 5) is 36.1. The lowest BCUT2D eigenvalue weighted by molar-refractivity contribution is -0.135. The maximum atomic E-state index is 12.4. The van der Waals surface area contributed by atoms with E-state index in [0.717, 1.165) is 13.2 Å². The lowest BCUT2D eigenvalue weighted by Gasteiger charge is -2.18. The van der Waals surface area contributed by atoms with Gasteiger partial charge in [0.15, 0.2) is 17.3 Å². The summed E-state index contributed by atoms with van der Waals surface area (Å²) < 4.78 is 9.83. The first-order valence-electron chi connectivity index (χ1n) is 6.53. The number of benzene rings is 1. The zero-order valence-electron chi connectivity index (χ0n) is 11.8. The first kappa shape index (κ1) is 14.1. The number of aromatic hydroxyl groups is 2. The average Bonchev–Trinajstić information content (AvgIpc) is 2.88. The minimum Gasteiger partial charge on any atom is -0.507 e. The number of esters is 1. The Hall–Kier alpha value is -2.83. The van der Waals surface area contributed by atoms with Gasteiger partial charge in [0.1, 0.15) is 17.4 Å². The molecule has 1 unspecified atom stereocenters. The van der Waals surface area contributed by atoms with Crippen LogP contribution in [0.3, 0.4) is 0 Å². The summed E-state index contributed by atoms with van der Waals surface area (Å²) >= 11 is 0. The Labute approximate surface area is 124 Å². The summed E-state index contributed by atoms with van der Waals surface area (Å²) in [6.45, 7) is 1.72. The van der Waals surface area contributed by atoms with E-state index in [2.05, 4.69) is 4.74 Å². The highest BCUT2D eigenvalue weighted by atomic mass is 16.5. The fraction of sp³-hybridized carbons (Fsp3) is 0.267. The summed E-state index contributed by atoms with van der Waals surface area (Å²) in [5.41, 5.74) is -0.967. The van der Waals surface area contributed by atoms with Crippen LogP contribution in [0.2, 0.25) is 0 Å². The maximum Gasteiger partial charge on any atom is 0.342 e. The second-order valence-electron chi connectivity index (χ2n) is 5.13. The van der Waals surface area contributed by atoms with E-state index in [4.69, 9.17) is 4.74 Å². The van der Waals surface area contributed by atoms with Crippen molar-refractivity contribution in [3.63, 3.8) is 0 Å². The highest BCUT2D eigenvalue weighted by molar-refractivity contribution is 6.35. The number of phenolic OH excluding ortho intramolecular Hbond substituents is 2. The highest BCUT2D eigenvalue weighted by Gasteiger charge is 2.40. The van der Waals surface area contributed by atoms with E-state index < -0.39 is 40.2 Å². The normalized spacial score (nSPS) is 19.2. The predicted molar refractivity (Wildman–Crippen MR) is 72.3 cm³/mol. The SMILES string of the molecule is COC(=O)C1=CC(=O)c2c(O)c3c(c(O)c2C1=O)OC(C)C3. The number of methoxy groups -OCH3 is 1. The standard InChI is InChI=1S/C15H12O7/c1-5-3-6-11(17)9-8(16)4-7(15(20)21-2)12(18)10(9)13(19)14(6)22-5/h4-5,17,19H,3H2,1-2H3. The molecule has 1 aromatic carbocycles. The molecule has 7 heteroatoms. The van der Waals surface area contributed by atoms with Gasteiger partial charge in [0.05, 0.1) is 18.2 Å². The quantitative estimate of drug-likeness (QED) is 0.450. The first-order valence-corrected chi connectivity index (χ1v) is 6.53.